The first kappa shape index (κ1) is 13.5. The maximum absolute atomic E-state index is 4.94. The highest BCUT2D eigenvalue weighted by atomic mass is 16.5. The second-order valence-electron chi connectivity index (χ2n) is 1.89. The van der Waals surface area contributed by atoms with Gasteiger partial charge in [0.05, 0.1) is 6.61 Å². The van der Waals surface area contributed by atoms with Gasteiger partial charge in [0.2, 0.25) is 0 Å². The molecule has 0 N–H and O–H groups in total. The minimum Gasteiger partial charge on any atom is -0.380 e. The average Bonchev–Trinajstić information content (AvgIpc) is 2.15. The van der Waals surface area contributed by atoms with Crippen LogP contribution in [0.3, 0.4) is 0 Å². The minimum absolute atomic E-state index is 0.668. The third-order valence-corrected chi connectivity index (χ3v) is 1.13. The van der Waals surface area contributed by atoms with Crippen molar-refractivity contribution in [2.24, 2.45) is 0 Å². The van der Waals surface area contributed by atoms with Gasteiger partial charge in [-0.05, 0) is 12.5 Å². The molecule has 1 heteroatoms. The number of rotatable bonds is 4. The summed E-state index contributed by atoms with van der Waals surface area (Å²) in [4.78, 5) is 0. The molecule has 0 unspecified atom stereocenters. The number of hydrogen-bond donors (Lipinski definition) is 0. The van der Waals surface area contributed by atoms with Gasteiger partial charge in [-0.2, -0.15) is 0 Å². The van der Waals surface area contributed by atoms with Crippen LogP contribution in [0.1, 0.15) is 6.92 Å². The molecular weight excluding hydrogens is 148 g/mol. The molecule has 0 fully saturated rings. The number of allylic oxidation sites excluding steroid dienone is 3. The Morgan fingerprint density at radius 1 is 1.42 bits per heavy atom. The number of hydrogen-bond acceptors (Lipinski definition) is 1. The largest absolute Gasteiger partial charge is 0.380 e. The summed E-state index contributed by atoms with van der Waals surface area (Å²) in [7, 11) is 1.69. The van der Waals surface area contributed by atoms with Crippen molar-refractivity contribution in [2.75, 3.05) is 13.7 Å². The van der Waals surface area contributed by atoms with Gasteiger partial charge < -0.3 is 4.74 Å². The van der Waals surface area contributed by atoms with Crippen molar-refractivity contribution in [3.63, 3.8) is 0 Å². The third-order valence-electron chi connectivity index (χ3n) is 1.13. The lowest BCUT2D eigenvalue weighted by atomic mass is 10.2. The molecule has 0 aromatic rings. The van der Waals surface area contributed by atoms with Crippen LogP contribution in [0, 0.1) is 0 Å². The van der Waals surface area contributed by atoms with Crippen molar-refractivity contribution >= 4 is 0 Å². The Morgan fingerprint density at radius 3 is 2.33 bits per heavy atom. The van der Waals surface area contributed by atoms with E-state index in [4.69, 9.17) is 4.74 Å². The first-order valence-corrected chi connectivity index (χ1v) is 3.78. The van der Waals surface area contributed by atoms with E-state index in [-0.39, 0.29) is 0 Å². The highest BCUT2D eigenvalue weighted by Crippen LogP contribution is 1.96. The van der Waals surface area contributed by atoms with Crippen LogP contribution in [0.25, 0.3) is 0 Å². The van der Waals surface area contributed by atoms with E-state index in [0.717, 1.165) is 0 Å². The molecule has 0 heterocycles. The van der Waals surface area contributed by atoms with Gasteiger partial charge in [-0.15, -0.1) is 13.2 Å². The van der Waals surface area contributed by atoms with E-state index in [0.29, 0.717) is 6.61 Å². The zero-order chi connectivity index (χ0) is 9.82. The molecule has 1 nitrogen and oxygen atoms in total. The van der Waals surface area contributed by atoms with Crippen LogP contribution in [0.5, 0.6) is 0 Å². The van der Waals surface area contributed by atoms with Crippen molar-refractivity contribution in [2.45, 2.75) is 6.92 Å². The summed E-state index contributed by atoms with van der Waals surface area (Å²) in [5, 5.41) is 0. The topological polar surface area (TPSA) is 9.23 Å². The Morgan fingerprint density at radius 2 is 2.00 bits per heavy atom. The summed E-state index contributed by atoms with van der Waals surface area (Å²) >= 11 is 0. The molecule has 68 valence electrons. The van der Waals surface area contributed by atoms with Crippen LogP contribution in [0.15, 0.2) is 49.6 Å². The molecule has 0 aromatic carbocycles. The van der Waals surface area contributed by atoms with E-state index in [1.165, 1.54) is 5.57 Å². The standard InChI is InChI=1S/C9H14O.C2H4/c1-4-6-7-9(5-2)8-10-3;1-2/h4-7H,1,8H2,2-3H3;1-2H2/b7-6-,9-5+;. The maximum atomic E-state index is 4.94. The smallest absolute Gasteiger partial charge is 0.0709 e. The molecular formula is C11H18O. The summed E-state index contributed by atoms with van der Waals surface area (Å²) in [5.74, 6) is 0. The molecule has 0 saturated heterocycles. The van der Waals surface area contributed by atoms with Crippen molar-refractivity contribution in [1.82, 2.24) is 0 Å². The van der Waals surface area contributed by atoms with Crippen LogP contribution in [0.2, 0.25) is 0 Å². The lowest BCUT2D eigenvalue weighted by Gasteiger charge is -1.96. The van der Waals surface area contributed by atoms with E-state index in [1.807, 2.05) is 25.2 Å². The van der Waals surface area contributed by atoms with Crippen LogP contribution >= 0.6 is 0 Å². The molecule has 0 aliphatic rings. The Labute approximate surface area is 75.7 Å². The molecule has 0 aliphatic carbocycles. The van der Waals surface area contributed by atoms with Gasteiger partial charge in [0, 0.05) is 7.11 Å². The van der Waals surface area contributed by atoms with Gasteiger partial charge >= 0.3 is 0 Å². The zero-order valence-electron chi connectivity index (χ0n) is 8.05. The molecule has 0 saturated carbocycles. The van der Waals surface area contributed by atoms with Crippen LogP contribution in [-0.2, 0) is 4.74 Å². The Balaban J connectivity index is 0. The van der Waals surface area contributed by atoms with Crippen LogP contribution in [-0.4, -0.2) is 13.7 Å². The molecule has 0 atom stereocenters. The summed E-state index contributed by atoms with van der Waals surface area (Å²) < 4.78 is 4.94. The Kier molecular flexibility index (Phi) is 14.2. The average molecular weight is 166 g/mol. The monoisotopic (exact) mass is 166 g/mol. The van der Waals surface area contributed by atoms with Gasteiger partial charge in [0.25, 0.3) is 0 Å². The highest BCUT2D eigenvalue weighted by molar-refractivity contribution is 5.21. The molecule has 0 spiro atoms. The highest BCUT2D eigenvalue weighted by Gasteiger charge is 1.85. The summed E-state index contributed by atoms with van der Waals surface area (Å²) in [6.07, 6.45) is 7.65. The molecule has 0 aliphatic heterocycles. The Hall–Kier alpha value is -1.08. The molecule has 0 aromatic heterocycles. The maximum Gasteiger partial charge on any atom is 0.0709 e. The zero-order valence-corrected chi connectivity index (χ0v) is 8.05. The summed E-state index contributed by atoms with van der Waals surface area (Å²) in [6.45, 7) is 12.2. The molecule has 0 amide bonds. The summed E-state index contributed by atoms with van der Waals surface area (Å²) in [5.41, 5.74) is 1.17. The predicted molar refractivity (Wildman–Crippen MR) is 56.2 cm³/mol. The normalized spacial score (nSPS) is 10.7. The fourth-order valence-electron chi connectivity index (χ4n) is 0.586. The SMILES string of the molecule is C=C.C=C/C=C\C(=C/C)COC. The van der Waals surface area contributed by atoms with Gasteiger partial charge in [0.1, 0.15) is 0 Å². The van der Waals surface area contributed by atoms with Gasteiger partial charge in [0.15, 0.2) is 0 Å². The van der Waals surface area contributed by atoms with E-state index in [1.54, 1.807) is 13.2 Å². The van der Waals surface area contributed by atoms with Crippen molar-refractivity contribution < 1.29 is 4.74 Å². The van der Waals surface area contributed by atoms with E-state index >= 15 is 0 Å². The van der Waals surface area contributed by atoms with Gasteiger partial charge in [-0.1, -0.05) is 30.9 Å². The quantitative estimate of drug-likeness (QED) is 0.460. The predicted octanol–water partition coefficient (Wildman–Crippen LogP) is 3.12. The van der Waals surface area contributed by atoms with Crippen molar-refractivity contribution in [3.05, 3.63) is 49.6 Å². The van der Waals surface area contributed by atoms with Crippen LogP contribution in [0.4, 0.5) is 0 Å². The fraction of sp³-hybridized carbons (Fsp3) is 0.273. The second kappa shape index (κ2) is 12.6. The summed E-state index contributed by atoms with van der Waals surface area (Å²) in [6, 6.07) is 0. The molecule has 0 rings (SSSR count). The minimum atomic E-state index is 0.668. The first-order chi connectivity index (χ1) is 5.85. The Bertz CT molecular complexity index is 154. The number of methoxy groups -OCH3 is 1. The lowest BCUT2D eigenvalue weighted by Crippen LogP contribution is -1.89. The van der Waals surface area contributed by atoms with E-state index in [9.17, 15) is 0 Å². The van der Waals surface area contributed by atoms with Crippen LogP contribution < -0.4 is 0 Å². The molecule has 0 radical (unpaired) electrons. The van der Waals surface area contributed by atoms with Gasteiger partial charge in [-0.25, -0.2) is 0 Å². The second-order valence-corrected chi connectivity index (χ2v) is 1.89. The lowest BCUT2D eigenvalue weighted by molar-refractivity contribution is 0.228. The van der Waals surface area contributed by atoms with E-state index in [2.05, 4.69) is 19.7 Å². The third kappa shape index (κ3) is 8.92. The van der Waals surface area contributed by atoms with E-state index < -0.39 is 0 Å². The first-order valence-electron chi connectivity index (χ1n) is 3.78. The van der Waals surface area contributed by atoms with Gasteiger partial charge in [-0.3, -0.25) is 0 Å². The van der Waals surface area contributed by atoms with Crippen molar-refractivity contribution in [1.29, 1.82) is 0 Å². The number of ether oxygens (including phenoxy) is 1. The van der Waals surface area contributed by atoms with Crippen molar-refractivity contribution in [3.8, 4) is 0 Å². The molecule has 12 heavy (non-hydrogen) atoms. The molecule has 0 bridgehead atoms. The fourth-order valence-corrected chi connectivity index (χ4v) is 0.586.